The van der Waals surface area contributed by atoms with E-state index in [1.807, 2.05) is 6.07 Å². The molecule has 0 aliphatic heterocycles. The number of hydrogen-bond donors (Lipinski definition) is 2. The largest absolute Gasteiger partial charge is 0.491 e. The maximum Gasteiger partial charge on any atom is 0.167 e. The first-order valence-electron chi connectivity index (χ1n) is 5.99. The third-order valence-corrected chi connectivity index (χ3v) is 2.54. The van der Waals surface area contributed by atoms with Crippen LogP contribution in [0.15, 0.2) is 30.5 Å². The zero-order valence-electron chi connectivity index (χ0n) is 10.9. The second kappa shape index (κ2) is 5.89. The molecule has 0 saturated heterocycles. The molecule has 0 aliphatic rings. The highest BCUT2D eigenvalue weighted by atomic mass is 19.1. The van der Waals surface area contributed by atoms with Gasteiger partial charge in [-0.3, -0.25) is 0 Å². The fourth-order valence-corrected chi connectivity index (χ4v) is 1.64. The van der Waals surface area contributed by atoms with Crippen molar-refractivity contribution in [2.45, 2.75) is 6.92 Å². The minimum Gasteiger partial charge on any atom is -0.491 e. The molecule has 1 aromatic carbocycles. The number of rotatable bonds is 4. The highest BCUT2D eigenvalue weighted by Gasteiger charge is 2.07. The lowest BCUT2D eigenvalue weighted by Crippen LogP contribution is -2.01. The Morgan fingerprint density at radius 3 is 2.85 bits per heavy atom. The van der Waals surface area contributed by atoms with Gasteiger partial charge in [-0.1, -0.05) is 0 Å². The third-order valence-electron chi connectivity index (χ3n) is 2.54. The summed E-state index contributed by atoms with van der Waals surface area (Å²) in [4.78, 5) is 4.02. The molecule has 0 aliphatic carbocycles. The molecular formula is C14H13FN4O. The minimum atomic E-state index is -0.468. The van der Waals surface area contributed by atoms with E-state index >= 15 is 0 Å². The van der Waals surface area contributed by atoms with Gasteiger partial charge in [-0.2, -0.15) is 5.26 Å². The number of pyridine rings is 1. The summed E-state index contributed by atoms with van der Waals surface area (Å²) in [5.41, 5.74) is 6.95. The topological polar surface area (TPSA) is 84.0 Å². The zero-order chi connectivity index (χ0) is 14.5. The molecular weight excluding hydrogens is 259 g/mol. The number of halogens is 1. The van der Waals surface area contributed by atoms with Gasteiger partial charge in [-0.05, 0) is 25.1 Å². The van der Waals surface area contributed by atoms with Gasteiger partial charge in [0.25, 0.3) is 0 Å². The summed E-state index contributed by atoms with van der Waals surface area (Å²) in [6.45, 7) is 2.18. The summed E-state index contributed by atoms with van der Waals surface area (Å²) in [5, 5.41) is 11.6. The lowest BCUT2D eigenvalue weighted by molar-refractivity contribution is 0.321. The molecule has 2 aromatic rings. The molecule has 2 rings (SSSR count). The Labute approximate surface area is 115 Å². The summed E-state index contributed by atoms with van der Waals surface area (Å²) in [5.74, 6) is 0.0930. The Hall–Kier alpha value is -2.81. The van der Waals surface area contributed by atoms with Crippen molar-refractivity contribution >= 4 is 17.2 Å². The van der Waals surface area contributed by atoms with Crippen LogP contribution in [0, 0.1) is 17.1 Å². The Balaban J connectivity index is 2.22. The first-order chi connectivity index (χ1) is 9.63. The molecule has 0 atom stereocenters. The molecule has 0 saturated carbocycles. The van der Waals surface area contributed by atoms with E-state index in [-0.39, 0.29) is 5.75 Å². The molecule has 3 N–H and O–H groups in total. The summed E-state index contributed by atoms with van der Waals surface area (Å²) >= 11 is 0. The maximum atomic E-state index is 13.7. The van der Waals surface area contributed by atoms with Crippen molar-refractivity contribution in [2.24, 2.45) is 0 Å². The summed E-state index contributed by atoms with van der Waals surface area (Å²) < 4.78 is 18.8. The molecule has 102 valence electrons. The Morgan fingerprint density at radius 1 is 1.45 bits per heavy atom. The van der Waals surface area contributed by atoms with Crippen LogP contribution in [0.5, 0.6) is 5.75 Å². The lowest BCUT2D eigenvalue weighted by atomic mass is 10.2. The SMILES string of the molecule is CCOc1ccc(Nc2ncc(C#N)cc2N)cc1F. The average molecular weight is 272 g/mol. The van der Waals surface area contributed by atoms with Crippen molar-refractivity contribution in [2.75, 3.05) is 17.7 Å². The van der Waals surface area contributed by atoms with Crippen molar-refractivity contribution in [1.29, 1.82) is 5.26 Å². The number of nitrogens with one attached hydrogen (secondary N) is 1. The zero-order valence-corrected chi connectivity index (χ0v) is 10.9. The first-order valence-corrected chi connectivity index (χ1v) is 5.99. The van der Waals surface area contributed by atoms with Gasteiger partial charge in [0.15, 0.2) is 17.4 Å². The van der Waals surface area contributed by atoms with Gasteiger partial charge in [-0.15, -0.1) is 0 Å². The predicted molar refractivity (Wildman–Crippen MR) is 74.2 cm³/mol. The first kappa shape index (κ1) is 13.6. The van der Waals surface area contributed by atoms with E-state index in [4.69, 9.17) is 15.7 Å². The highest BCUT2D eigenvalue weighted by molar-refractivity contribution is 5.70. The van der Waals surface area contributed by atoms with E-state index in [0.717, 1.165) is 0 Å². The predicted octanol–water partition coefficient (Wildman–Crippen LogP) is 2.82. The molecule has 1 heterocycles. The molecule has 0 spiro atoms. The minimum absolute atomic E-state index is 0.193. The molecule has 6 heteroatoms. The number of nitrogen functional groups attached to an aromatic ring is 1. The van der Waals surface area contributed by atoms with Gasteiger partial charge in [-0.25, -0.2) is 9.37 Å². The number of ether oxygens (including phenoxy) is 1. The normalized spacial score (nSPS) is 9.85. The number of nitrogens with two attached hydrogens (primary N) is 1. The van der Waals surface area contributed by atoms with Crippen LogP contribution in [-0.4, -0.2) is 11.6 Å². The van der Waals surface area contributed by atoms with Crippen LogP contribution in [0.25, 0.3) is 0 Å². The van der Waals surface area contributed by atoms with E-state index in [1.165, 1.54) is 24.4 Å². The summed E-state index contributed by atoms with van der Waals surface area (Å²) in [7, 11) is 0. The van der Waals surface area contributed by atoms with Crippen LogP contribution in [0.3, 0.4) is 0 Å². The van der Waals surface area contributed by atoms with Crippen LogP contribution in [0.4, 0.5) is 21.6 Å². The van der Waals surface area contributed by atoms with E-state index in [0.29, 0.717) is 29.4 Å². The van der Waals surface area contributed by atoms with Gasteiger partial charge in [0.2, 0.25) is 0 Å². The number of benzene rings is 1. The van der Waals surface area contributed by atoms with E-state index in [1.54, 1.807) is 13.0 Å². The lowest BCUT2D eigenvalue weighted by Gasteiger charge is -2.10. The standard InChI is InChI=1S/C14H13FN4O/c1-2-20-13-4-3-10(6-11(13)15)19-14-12(17)5-9(7-16)8-18-14/h3-6,8H,2,17H2,1H3,(H,18,19). The second-order valence-corrected chi connectivity index (χ2v) is 3.98. The highest BCUT2D eigenvalue weighted by Crippen LogP contribution is 2.25. The molecule has 5 nitrogen and oxygen atoms in total. The Morgan fingerprint density at radius 2 is 2.25 bits per heavy atom. The van der Waals surface area contributed by atoms with Crippen LogP contribution >= 0.6 is 0 Å². The molecule has 0 radical (unpaired) electrons. The van der Waals surface area contributed by atoms with Gasteiger partial charge in [0.05, 0.1) is 17.9 Å². The quantitative estimate of drug-likeness (QED) is 0.894. The molecule has 0 amide bonds. The Bertz CT molecular complexity index is 667. The van der Waals surface area contributed by atoms with Crippen LogP contribution < -0.4 is 15.8 Å². The summed E-state index contributed by atoms with van der Waals surface area (Å²) in [6, 6.07) is 7.93. The van der Waals surface area contributed by atoms with Gasteiger partial charge >= 0.3 is 0 Å². The Kier molecular flexibility index (Phi) is 4.01. The number of aromatic nitrogens is 1. The van der Waals surface area contributed by atoms with Crippen molar-refractivity contribution in [3.63, 3.8) is 0 Å². The van der Waals surface area contributed by atoms with Gasteiger partial charge in [0, 0.05) is 18.0 Å². The monoisotopic (exact) mass is 272 g/mol. The number of hydrogen-bond acceptors (Lipinski definition) is 5. The van der Waals surface area contributed by atoms with E-state index in [9.17, 15) is 4.39 Å². The molecule has 0 unspecified atom stereocenters. The van der Waals surface area contributed by atoms with Crippen molar-refractivity contribution in [3.05, 3.63) is 41.8 Å². The molecule has 20 heavy (non-hydrogen) atoms. The number of nitriles is 1. The van der Waals surface area contributed by atoms with Crippen molar-refractivity contribution < 1.29 is 9.13 Å². The van der Waals surface area contributed by atoms with E-state index in [2.05, 4.69) is 10.3 Å². The van der Waals surface area contributed by atoms with Crippen LogP contribution in [0.1, 0.15) is 12.5 Å². The fourth-order valence-electron chi connectivity index (χ4n) is 1.64. The van der Waals surface area contributed by atoms with Crippen molar-refractivity contribution in [3.8, 4) is 11.8 Å². The fraction of sp³-hybridized carbons (Fsp3) is 0.143. The van der Waals surface area contributed by atoms with Gasteiger partial charge < -0.3 is 15.8 Å². The van der Waals surface area contributed by atoms with Crippen molar-refractivity contribution in [1.82, 2.24) is 4.98 Å². The molecule has 1 aromatic heterocycles. The summed E-state index contributed by atoms with van der Waals surface area (Å²) in [6.07, 6.45) is 1.39. The average Bonchev–Trinajstić information content (AvgIpc) is 2.44. The smallest absolute Gasteiger partial charge is 0.167 e. The number of nitrogens with zero attached hydrogens (tertiary/aromatic N) is 2. The van der Waals surface area contributed by atoms with Gasteiger partial charge in [0.1, 0.15) is 6.07 Å². The van der Waals surface area contributed by atoms with Crippen LogP contribution in [0.2, 0.25) is 0 Å². The third kappa shape index (κ3) is 2.95. The second-order valence-electron chi connectivity index (χ2n) is 3.98. The number of anilines is 3. The maximum absolute atomic E-state index is 13.7. The van der Waals surface area contributed by atoms with E-state index < -0.39 is 5.82 Å². The molecule has 0 fully saturated rings. The molecule has 0 bridgehead atoms. The van der Waals surface area contributed by atoms with Crippen LogP contribution in [-0.2, 0) is 0 Å².